The van der Waals surface area contributed by atoms with Crippen molar-refractivity contribution in [2.24, 2.45) is 0 Å². The number of morpholine rings is 1. The number of amides is 1. The number of nitrogens with one attached hydrogen (secondary N) is 1. The minimum atomic E-state index is -0.601. The van der Waals surface area contributed by atoms with E-state index < -0.39 is 6.04 Å². The number of benzene rings is 2. The van der Waals surface area contributed by atoms with Crippen molar-refractivity contribution in [3.8, 4) is 0 Å². The molecule has 0 spiro atoms. The number of para-hydroxylation sites is 1. The van der Waals surface area contributed by atoms with Crippen LogP contribution in [0.5, 0.6) is 0 Å². The molecule has 3 rings (SSSR count). The number of carbonyl (C=O) groups is 2. The molecule has 0 saturated carbocycles. The van der Waals surface area contributed by atoms with Crippen LogP contribution in [-0.4, -0.2) is 36.0 Å². The average Bonchev–Trinajstić information content (AvgIpc) is 2.61. The van der Waals surface area contributed by atoms with Gasteiger partial charge in [0.25, 0.3) is 0 Å². The van der Waals surface area contributed by atoms with Crippen LogP contribution in [0.15, 0.2) is 54.6 Å². The van der Waals surface area contributed by atoms with Crippen molar-refractivity contribution in [1.29, 1.82) is 0 Å². The molecule has 2 aromatic carbocycles. The number of hydrogen-bond acceptors (Lipinski definition) is 4. The zero-order valence-corrected chi connectivity index (χ0v) is 14.4. The van der Waals surface area contributed by atoms with Crippen molar-refractivity contribution in [3.63, 3.8) is 0 Å². The number of ether oxygens (including phenoxy) is 1. The molecule has 1 N–H and O–H groups in total. The molecule has 130 valence electrons. The third-order valence-electron chi connectivity index (χ3n) is 4.09. The lowest BCUT2D eigenvalue weighted by Crippen LogP contribution is -2.49. The third kappa shape index (κ3) is 4.59. The summed E-state index contributed by atoms with van der Waals surface area (Å²) in [6.45, 7) is 1.54. The quantitative estimate of drug-likeness (QED) is 0.834. The summed E-state index contributed by atoms with van der Waals surface area (Å²) < 4.78 is 5.15. The Morgan fingerprint density at radius 3 is 2.64 bits per heavy atom. The second-order valence-corrected chi connectivity index (χ2v) is 6.28. The van der Waals surface area contributed by atoms with Gasteiger partial charge in [-0.25, -0.2) is 0 Å². The number of halogens is 1. The summed E-state index contributed by atoms with van der Waals surface area (Å²) in [4.78, 5) is 26.5. The van der Waals surface area contributed by atoms with Gasteiger partial charge in [0, 0.05) is 13.1 Å². The zero-order valence-electron chi connectivity index (χ0n) is 13.7. The molecule has 1 saturated heterocycles. The van der Waals surface area contributed by atoms with E-state index in [0.29, 0.717) is 30.4 Å². The number of esters is 1. The zero-order chi connectivity index (χ0) is 17.6. The summed E-state index contributed by atoms with van der Waals surface area (Å²) >= 11 is 6.06. The Hall–Kier alpha value is -2.37. The Kier molecular flexibility index (Phi) is 5.68. The van der Waals surface area contributed by atoms with Crippen LogP contribution in [0.4, 0.5) is 5.69 Å². The highest BCUT2D eigenvalue weighted by Gasteiger charge is 2.33. The van der Waals surface area contributed by atoms with Crippen LogP contribution in [0.3, 0.4) is 0 Å². The number of anilines is 1. The molecule has 1 fully saturated rings. The average molecular weight is 359 g/mol. The topological polar surface area (TPSA) is 58.6 Å². The Morgan fingerprint density at radius 1 is 1.16 bits per heavy atom. The van der Waals surface area contributed by atoms with Crippen molar-refractivity contribution < 1.29 is 14.3 Å². The van der Waals surface area contributed by atoms with Crippen molar-refractivity contribution in [1.82, 2.24) is 4.90 Å². The van der Waals surface area contributed by atoms with Gasteiger partial charge in [-0.05, 0) is 17.7 Å². The lowest BCUT2D eigenvalue weighted by Gasteiger charge is -2.33. The van der Waals surface area contributed by atoms with Gasteiger partial charge in [0.15, 0.2) is 0 Å². The number of nitrogens with zero attached hydrogens (tertiary/aromatic N) is 1. The van der Waals surface area contributed by atoms with E-state index in [9.17, 15) is 9.59 Å². The van der Waals surface area contributed by atoms with Crippen molar-refractivity contribution in [2.45, 2.75) is 19.0 Å². The smallest absolute Gasteiger partial charge is 0.323 e. The van der Waals surface area contributed by atoms with Crippen LogP contribution in [-0.2, 0) is 20.9 Å². The summed E-state index contributed by atoms with van der Waals surface area (Å²) in [6.07, 6.45) is 0.0247. The monoisotopic (exact) mass is 358 g/mol. The first-order valence-corrected chi connectivity index (χ1v) is 8.50. The largest absolute Gasteiger partial charge is 0.463 e. The van der Waals surface area contributed by atoms with Crippen LogP contribution in [0.25, 0.3) is 0 Å². The molecule has 0 bridgehead atoms. The molecule has 0 aromatic heterocycles. The second-order valence-electron chi connectivity index (χ2n) is 5.87. The second kappa shape index (κ2) is 8.14. The van der Waals surface area contributed by atoms with E-state index in [1.165, 1.54) is 0 Å². The summed E-state index contributed by atoms with van der Waals surface area (Å²) in [5.41, 5.74) is 1.63. The predicted molar refractivity (Wildman–Crippen MR) is 96.3 cm³/mol. The van der Waals surface area contributed by atoms with E-state index in [4.69, 9.17) is 16.3 Å². The molecule has 0 unspecified atom stereocenters. The molecular weight excluding hydrogens is 340 g/mol. The maximum Gasteiger partial charge on any atom is 0.323 e. The van der Waals surface area contributed by atoms with Gasteiger partial charge >= 0.3 is 5.97 Å². The van der Waals surface area contributed by atoms with Crippen LogP contribution in [0.1, 0.15) is 12.0 Å². The lowest BCUT2D eigenvalue weighted by molar-refractivity contribution is -0.159. The van der Waals surface area contributed by atoms with E-state index in [1.807, 2.05) is 35.2 Å². The molecule has 1 heterocycles. The Morgan fingerprint density at radius 2 is 1.88 bits per heavy atom. The van der Waals surface area contributed by atoms with E-state index in [0.717, 1.165) is 5.56 Å². The fourth-order valence-electron chi connectivity index (χ4n) is 2.82. The van der Waals surface area contributed by atoms with E-state index in [2.05, 4.69) is 5.32 Å². The van der Waals surface area contributed by atoms with Gasteiger partial charge < -0.3 is 10.1 Å². The van der Waals surface area contributed by atoms with Gasteiger partial charge in [-0.1, -0.05) is 54.1 Å². The van der Waals surface area contributed by atoms with E-state index in [-0.39, 0.29) is 18.3 Å². The maximum atomic E-state index is 12.4. The summed E-state index contributed by atoms with van der Waals surface area (Å²) in [7, 11) is 0. The standard InChI is InChI=1S/C19H19ClN2O3/c20-15-8-4-5-9-16(15)21-18(23)12-17-19(24)25-11-10-22(17)13-14-6-2-1-3-7-14/h1-9,17H,10-13H2,(H,21,23)/t17-/m1/s1. The molecule has 6 heteroatoms. The van der Waals surface area contributed by atoms with Gasteiger partial charge in [-0.3, -0.25) is 14.5 Å². The minimum Gasteiger partial charge on any atom is -0.463 e. The highest BCUT2D eigenvalue weighted by molar-refractivity contribution is 6.33. The Balaban J connectivity index is 1.67. The van der Waals surface area contributed by atoms with Crippen molar-refractivity contribution in [3.05, 3.63) is 65.2 Å². The first kappa shape index (κ1) is 17.5. The van der Waals surface area contributed by atoms with Crippen LogP contribution < -0.4 is 5.32 Å². The van der Waals surface area contributed by atoms with Crippen LogP contribution in [0.2, 0.25) is 5.02 Å². The normalized spacial score (nSPS) is 17.8. The van der Waals surface area contributed by atoms with Crippen molar-refractivity contribution in [2.75, 3.05) is 18.5 Å². The first-order valence-electron chi connectivity index (χ1n) is 8.12. The summed E-state index contributed by atoms with van der Waals surface area (Å²) in [5, 5.41) is 3.22. The molecule has 0 radical (unpaired) electrons. The molecular formula is C19H19ClN2O3. The van der Waals surface area contributed by atoms with Gasteiger partial charge in [0.2, 0.25) is 5.91 Å². The van der Waals surface area contributed by atoms with Crippen LogP contribution >= 0.6 is 11.6 Å². The molecule has 2 aromatic rings. The fourth-order valence-corrected chi connectivity index (χ4v) is 3.01. The van der Waals surface area contributed by atoms with E-state index >= 15 is 0 Å². The number of hydrogen-bond donors (Lipinski definition) is 1. The molecule has 25 heavy (non-hydrogen) atoms. The van der Waals surface area contributed by atoms with Gasteiger partial charge in [0.1, 0.15) is 12.6 Å². The minimum absolute atomic E-state index is 0.0247. The first-order chi connectivity index (χ1) is 12.1. The van der Waals surface area contributed by atoms with Crippen LogP contribution in [0, 0.1) is 0 Å². The van der Waals surface area contributed by atoms with E-state index in [1.54, 1.807) is 24.3 Å². The molecule has 1 amide bonds. The summed E-state index contributed by atoms with van der Waals surface area (Å²) in [5.74, 6) is -0.633. The molecule has 0 aliphatic carbocycles. The highest BCUT2D eigenvalue weighted by Crippen LogP contribution is 2.22. The number of rotatable bonds is 5. The Labute approximate surface area is 151 Å². The fraction of sp³-hybridized carbons (Fsp3) is 0.263. The lowest BCUT2D eigenvalue weighted by atomic mass is 10.1. The van der Waals surface area contributed by atoms with Gasteiger partial charge in [0.05, 0.1) is 17.1 Å². The third-order valence-corrected chi connectivity index (χ3v) is 4.42. The number of carbonyl (C=O) groups excluding carboxylic acids is 2. The molecule has 1 aliphatic heterocycles. The van der Waals surface area contributed by atoms with Gasteiger partial charge in [-0.15, -0.1) is 0 Å². The SMILES string of the molecule is O=C(C[C@@H]1C(=O)OCCN1Cc1ccccc1)Nc1ccccc1Cl. The Bertz CT molecular complexity index is 751. The van der Waals surface area contributed by atoms with Gasteiger partial charge in [-0.2, -0.15) is 0 Å². The maximum absolute atomic E-state index is 12.4. The molecule has 1 aliphatic rings. The molecule has 1 atom stereocenters. The summed E-state index contributed by atoms with van der Waals surface area (Å²) in [6, 6.07) is 16.3. The number of cyclic esters (lactones) is 1. The predicted octanol–water partition coefficient (Wildman–Crippen LogP) is 3.10. The highest BCUT2D eigenvalue weighted by atomic mass is 35.5. The molecule has 5 nitrogen and oxygen atoms in total. The van der Waals surface area contributed by atoms with Crippen molar-refractivity contribution >= 4 is 29.2 Å².